The second kappa shape index (κ2) is 9.53. The van der Waals surface area contributed by atoms with Gasteiger partial charge in [0.1, 0.15) is 0 Å². The van der Waals surface area contributed by atoms with Gasteiger partial charge >= 0.3 is 0 Å². The normalized spacial score (nSPS) is 12.4. The lowest BCUT2D eigenvalue weighted by Gasteiger charge is -2.13. The summed E-state index contributed by atoms with van der Waals surface area (Å²) in [6, 6.07) is 0.391. The summed E-state index contributed by atoms with van der Waals surface area (Å²) in [6.45, 7) is 4.01. The van der Waals surface area contributed by atoms with Gasteiger partial charge in [0.25, 0.3) is 0 Å². The fraction of sp³-hybridized carbons (Fsp3) is 0.800. The Balaban J connectivity index is 3.23. The van der Waals surface area contributed by atoms with Crippen molar-refractivity contribution in [2.75, 3.05) is 26.4 Å². The fourth-order valence-corrected chi connectivity index (χ4v) is 1.00. The Morgan fingerprint density at radius 3 is 2.85 bits per heavy atom. The second-order valence-electron chi connectivity index (χ2n) is 2.80. The molecule has 0 fully saturated rings. The van der Waals surface area contributed by atoms with Crippen LogP contribution in [0, 0.1) is 12.3 Å². The number of terminal acetylenes is 1. The highest BCUT2D eigenvalue weighted by Gasteiger charge is 2.01. The third-order valence-electron chi connectivity index (χ3n) is 1.77. The van der Waals surface area contributed by atoms with Crippen molar-refractivity contribution >= 4 is 0 Å². The third-order valence-corrected chi connectivity index (χ3v) is 1.77. The van der Waals surface area contributed by atoms with Crippen LogP contribution in [0.2, 0.25) is 0 Å². The van der Waals surface area contributed by atoms with Crippen LogP contribution in [-0.4, -0.2) is 37.5 Å². The first kappa shape index (κ1) is 12.4. The molecular weight excluding hydrogens is 166 g/mol. The Morgan fingerprint density at radius 2 is 2.31 bits per heavy atom. The zero-order valence-corrected chi connectivity index (χ0v) is 8.25. The molecule has 0 aliphatic heterocycles. The van der Waals surface area contributed by atoms with Gasteiger partial charge in [-0.1, -0.05) is 6.92 Å². The van der Waals surface area contributed by atoms with Crippen LogP contribution in [0.25, 0.3) is 0 Å². The van der Waals surface area contributed by atoms with Crippen LogP contribution in [0.4, 0.5) is 0 Å². The van der Waals surface area contributed by atoms with Gasteiger partial charge in [-0.25, -0.2) is 0 Å². The second-order valence-corrected chi connectivity index (χ2v) is 2.80. The van der Waals surface area contributed by atoms with Crippen LogP contribution in [0.15, 0.2) is 0 Å². The number of aliphatic hydroxyl groups excluding tert-OH is 1. The number of aliphatic hydroxyl groups is 1. The summed E-state index contributed by atoms with van der Waals surface area (Å²) in [5, 5.41) is 11.7. The van der Waals surface area contributed by atoms with E-state index in [2.05, 4.69) is 18.2 Å². The molecule has 2 N–H and O–H groups in total. The van der Waals surface area contributed by atoms with Gasteiger partial charge in [-0.15, -0.1) is 12.3 Å². The lowest BCUT2D eigenvalue weighted by Crippen LogP contribution is -2.31. The van der Waals surface area contributed by atoms with E-state index >= 15 is 0 Å². The molecule has 13 heavy (non-hydrogen) atoms. The van der Waals surface area contributed by atoms with E-state index in [0.717, 1.165) is 19.4 Å². The molecule has 0 rings (SSSR count). The molecule has 76 valence electrons. The van der Waals surface area contributed by atoms with E-state index in [1.54, 1.807) is 0 Å². The Hall–Kier alpha value is -0.560. The summed E-state index contributed by atoms with van der Waals surface area (Å²) >= 11 is 0. The quantitative estimate of drug-likeness (QED) is 0.424. The van der Waals surface area contributed by atoms with Crippen molar-refractivity contribution in [3.05, 3.63) is 0 Å². The minimum Gasteiger partial charge on any atom is -0.394 e. The molecule has 0 saturated carbocycles. The smallest absolute Gasteiger partial charge is 0.0698 e. The van der Waals surface area contributed by atoms with Gasteiger partial charge in [0, 0.05) is 19.0 Å². The molecule has 0 aromatic carbocycles. The van der Waals surface area contributed by atoms with Gasteiger partial charge in [-0.3, -0.25) is 0 Å². The maximum atomic E-state index is 8.43. The lowest BCUT2D eigenvalue weighted by atomic mass is 10.1. The highest BCUT2D eigenvalue weighted by molar-refractivity contribution is 4.89. The SMILES string of the molecule is C#CCC(CC)NCCOCCO. The number of rotatable bonds is 8. The third kappa shape index (κ3) is 7.79. The molecular formula is C10H19NO2. The van der Waals surface area contributed by atoms with E-state index < -0.39 is 0 Å². The van der Waals surface area contributed by atoms with Gasteiger partial charge in [-0.2, -0.15) is 0 Å². The van der Waals surface area contributed by atoms with Crippen molar-refractivity contribution in [3.63, 3.8) is 0 Å². The molecule has 0 heterocycles. The molecule has 3 heteroatoms. The van der Waals surface area contributed by atoms with Crippen molar-refractivity contribution < 1.29 is 9.84 Å². The molecule has 0 radical (unpaired) electrons. The summed E-state index contributed by atoms with van der Waals surface area (Å²) < 4.78 is 5.09. The standard InChI is InChI=1S/C10H19NO2/c1-3-5-10(4-2)11-6-8-13-9-7-12/h1,10-12H,4-9H2,2H3. The van der Waals surface area contributed by atoms with Crippen molar-refractivity contribution in [2.24, 2.45) is 0 Å². The van der Waals surface area contributed by atoms with E-state index in [1.807, 2.05) is 0 Å². The Kier molecular flexibility index (Phi) is 9.12. The minimum atomic E-state index is 0.0849. The van der Waals surface area contributed by atoms with Crippen LogP contribution >= 0.6 is 0 Å². The zero-order chi connectivity index (χ0) is 9.94. The summed E-state index contributed by atoms with van der Waals surface area (Å²) in [7, 11) is 0. The Labute approximate surface area is 80.5 Å². The average molecular weight is 185 g/mol. The molecule has 0 saturated heterocycles. The molecule has 0 aromatic rings. The summed E-state index contributed by atoms with van der Waals surface area (Å²) in [4.78, 5) is 0. The molecule has 3 nitrogen and oxygen atoms in total. The highest BCUT2D eigenvalue weighted by atomic mass is 16.5. The molecule has 0 aliphatic rings. The Morgan fingerprint density at radius 1 is 1.54 bits per heavy atom. The van der Waals surface area contributed by atoms with Crippen molar-refractivity contribution in [1.29, 1.82) is 0 Å². The monoisotopic (exact) mass is 185 g/mol. The summed E-state index contributed by atoms with van der Waals surface area (Å²) in [5.74, 6) is 2.63. The van der Waals surface area contributed by atoms with Crippen LogP contribution in [0.3, 0.4) is 0 Å². The van der Waals surface area contributed by atoms with E-state index in [1.165, 1.54) is 0 Å². The van der Waals surface area contributed by atoms with E-state index in [-0.39, 0.29) is 6.61 Å². The van der Waals surface area contributed by atoms with Gasteiger partial charge in [0.2, 0.25) is 0 Å². The number of hydrogen-bond acceptors (Lipinski definition) is 3. The van der Waals surface area contributed by atoms with Gasteiger partial charge in [0.05, 0.1) is 19.8 Å². The number of hydrogen-bond donors (Lipinski definition) is 2. The maximum Gasteiger partial charge on any atom is 0.0698 e. The zero-order valence-electron chi connectivity index (χ0n) is 8.25. The molecule has 0 aliphatic carbocycles. The van der Waals surface area contributed by atoms with Crippen LogP contribution in [-0.2, 0) is 4.74 Å². The number of nitrogens with one attached hydrogen (secondary N) is 1. The first-order chi connectivity index (χ1) is 6.35. The molecule has 1 atom stereocenters. The number of ether oxygens (including phenoxy) is 1. The van der Waals surface area contributed by atoms with Crippen LogP contribution in [0.1, 0.15) is 19.8 Å². The molecule has 0 spiro atoms. The van der Waals surface area contributed by atoms with Crippen molar-refractivity contribution in [3.8, 4) is 12.3 Å². The largest absolute Gasteiger partial charge is 0.394 e. The van der Waals surface area contributed by atoms with Crippen LogP contribution in [0.5, 0.6) is 0 Å². The van der Waals surface area contributed by atoms with Gasteiger partial charge in [-0.05, 0) is 6.42 Å². The molecule has 0 bridgehead atoms. The predicted molar refractivity (Wildman–Crippen MR) is 53.4 cm³/mol. The molecule has 0 amide bonds. The van der Waals surface area contributed by atoms with E-state index in [0.29, 0.717) is 19.3 Å². The average Bonchev–Trinajstić information content (AvgIpc) is 2.16. The van der Waals surface area contributed by atoms with E-state index in [4.69, 9.17) is 16.3 Å². The lowest BCUT2D eigenvalue weighted by molar-refractivity contribution is 0.0926. The molecule has 0 aromatic heterocycles. The summed E-state index contributed by atoms with van der Waals surface area (Å²) in [5.41, 5.74) is 0. The van der Waals surface area contributed by atoms with Gasteiger partial charge in [0.15, 0.2) is 0 Å². The predicted octanol–water partition coefficient (Wildman–Crippen LogP) is 0.387. The fourth-order valence-electron chi connectivity index (χ4n) is 1.00. The maximum absolute atomic E-state index is 8.43. The molecule has 1 unspecified atom stereocenters. The van der Waals surface area contributed by atoms with Crippen molar-refractivity contribution in [1.82, 2.24) is 5.32 Å². The topological polar surface area (TPSA) is 41.5 Å². The highest BCUT2D eigenvalue weighted by Crippen LogP contribution is 1.94. The Bertz CT molecular complexity index is 142. The van der Waals surface area contributed by atoms with E-state index in [9.17, 15) is 0 Å². The first-order valence-electron chi connectivity index (χ1n) is 4.70. The van der Waals surface area contributed by atoms with Gasteiger partial charge < -0.3 is 15.2 Å². The first-order valence-corrected chi connectivity index (χ1v) is 4.70. The van der Waals surface area contributed by atoms with Crippen LogP contribution < -0.4 is 5.32 Å². The van der Waals surface area contributed by atoms with Crippen molar-refractivity contribution in [2.45, 2.75) is 25.8 Å². The summed E-state index contributed by atoms with van der Waals surface area (Å²) in [6.07, 6.45) is 6.99. The minimum absolute atomic E-state index is 0.0849.